The van der Waals surface area contributed by atoms with Gasteiger partial charge < -0.3 is 25.1 Å². The molecule has 2 unspecified atom stereocenters. The Balaban J connectivity index is 0.000000206. The fourth-order valence-corrected chi connectivity index (χ4v) is 8.09. The number of benzene rings is 6. The van der Waals surface area contributed by atoms with Crippen LogP contribution in [0.4, 0.5) is 4.79 Å². The summed E-state index contributed by atoms with van der Waals surface area (Å²) in [4.78, 5) is 69.9. The summed E-state index contributed by atoms with van der Waals surface area (Å²) in [6.45, 7) is 8.31. The number of hydrogen-bond donors (Lipinski definition) is 2. The number of aromatic amines is 1. The van der Waals surface area contributed by atoms with E-state index in [9.17, 15) is 24.0 Å². The molecule has 67 heavy (non-hydrogen) atoms. The summed E-state index contributed by atoms with van der Waals surface area (Å²) in [6, 6.07) is 42.0. The van der Waals surface area contributed by atoms with Gasteiger partial charge in [0.2, 0.25) is 0 Å². The molecular weight excluding hydrogens is 890 g/mol. The third-order valence-electron chi connectivity index (χ3n) is 11.1. The van der Waals surface area contributed by atoms with E-state index in [1.807, 2.05) is 93.3 Å². The van der Waals surface area contributed by atoms with Gasteiger partial charge in [-0.2, -0.15) is 0 Å². The monoisotopic (exact) mass is 939 g/mol. The summed E-state index contributed by atoms with van der Waals surface area (Å²) in [5.41, 5.74) is 10.9. The van der Waals surface area contributed by atoms with E-state index >= 15 is 0 Å². The molecule has 0 saturated carbocycles. The molecule has 12 nitrogen and oxygen atoms in total. The molecule has 1 aromatic heterocycles. The lowest BCUT2D eigenvalue weighted by molar-refractivity contribution is -0.130. The van der Waals surface area contributed by atoms with Crippen molar-refractivity contribution in [2.24, 2.45) is 5.73 Å². The summed E-state index contributed by atoms with van der Waals surface area (Å²) in [7, 11) is 1.20. The van der Waals surface area contributed by atoms with Crippen LogP contribution in [0.5, 0.6) is 11.5 Å². The maximum atomic E-state index is 13.6. The molecule has 1 aliphatic heterocycles. The minimum Gasteiger partial charge on any atom is -0.489 e. The number of H-pyrrole nitrogens is 1. The number of likely N-dealkylation sites (N-methyl/N-ethyl adjacent to an activating group) is 1. The van der Waals surface area contributed by atoms with Crippen molar-refractivity contribution in [3.63, 3.8) is 0 Å². The van der Waals surface area contributed by atoms with Crippen LogP contribution in [0.15, 0.2) is 149 Å². The highest BCUT2D eigenvalue weighted by Crippen LogP contribution is 2.32. The zero-order valence-electron chi connectivity index (χ0n) is 37.7. The third-order valence-corrected chi connectivity index (χ3v) is 11.7. The lowest BCUT2D eigenvalue weighted by atomic mass is 10.00. The van der Waals surface area contributed by atoms with Crippen molar-refractivity contribution in [3.05, 3.63) is 187 Å². The topological polar surface area (TPSA) is 157 Å². The van der Waals surface area contributed by atoms with Crippen LogP contribution in [0.25, 0.3) is 33.2 Å². The number of halogens is 2. The Hall–Kier alpha value is -7.15. The van der Waals surface area contributed by atoms with Crippen LogP contribution in [0.1, 0.15) is 55.2 Å². The fourth-order valence-electron chi connectivity index (χ4n) is 7.66. The standard InChI is InChI=1S/C28H27ClN4O5.C25H24ClNO2/c1-16(2)38-24-15-22-20(14-21(24)29)25(34)33(28(37)31-22)23(26(35)32(3)27(30)36)13-17-9-11-19(12-10-17)18-7-5-4-6-8-18;1-17(2)29-24-13-12-21(15-23(24)26)25(28)27-16-22(27)14-18-8-10-20(11-9-18)19-6-4-3-5-7-19/h4-12,14-16,23H,13H2,1-3H3,(H2,30,36)(H,31,37);3-13,15,17,22H,14,16H2,1-2H3. The van der Waals surface area contributed by atoms with Crippen molar-refractivity contribution < 1.29 is 23.9 Å². The van der Waals surface area contributed by atoms with Crippen molar-refractivity contribution in [2.45, 2.75) is 64.8 Å². The van der Waals surface area contributed by atoms with Gasteiger partial charge in [-0.15, -0.1) is 0 Å². The van der Waals surface area contributed by atoms with Gasteiger partial charge in [-0.25, -0.2) is 14.2 Å². The van der Waals surface area contributed by atoms with Crippen LogP contribution in [0.3, 0.4) is 0 Å². The molecule has 344 valence electrons. The van der Waals surface area contributed by atoms with Crippen molar-refractivity contribution >= 4 is 52.0 Å². The normalized spacial score (nSPS) is 13.4. The van der Waals surface area contributed by atoms with Gasteiger partial charge in [0.05, 0.1) is 39.2 Å². The number of rotatable bonds is 13. The van der Waals surface area contributed by atoms with E-state index in [-0.39, 0.29) is 46.5 Å². The number of aromatic nitrogens is 2. The lowest BCUT2D eigenvalue weighted by Gasteiger charge is -2.23. The second kappa shape index (κ2) is 21.0. The SMILES string of the molecule is CC(C)Oc1cc2[nH]c(=O)n(C(Cc3ccc(-c4ccccc4)cc3)C(=O)N(C)C(N)=O)c(=O)c2cc1Cl.CC(C)Oc1ccc(C(=O)N2CC2Cc2ccc(-c3ccccc3)cc2)cc1Cl. The van der Waals surface area contributed by atoms with Gasteiger partial charge in [0.15, 0.2) is 0 Å². The van der Waals surface area contributed by atoms with Gasteiger partial charge >= 0.3 is 11.7 Å². The zero-order chi connectivity index (χ0) is 47.9. The lowest BCUT2D eigenvalue weighted by Crippen LogP contribution is -2.48. The number of carbonyl (C=O) groups is 3. The maximum absolute atomic E-state index is 13.6. The predicted molar refractivity (Wildman–Crippen MR) is 264 cm³/mol. The number of hydrogen-bond acceptors (Lipinski definition) is 7. The van der Waals surface area contributed by atoms with E-state index in [0.717, 1.165) is 28.7 Å². The van der Waals surface area contributed by atoms with Gasteiger partial charge in [0, 0.05) is 31.6 Å². The second-order valence-corrected chi connectivity index (χ2v) is 17.6. The van der Waals surface area contributed by atoms with Crippen molar-refractivity contribution in [1.29, 1.82) is 0 Å². The average molecular weight is 941 g/mol. The van der Waals surface area contributed by atoms with Crippen LogP contribution < -0.4 is 26.5 Å². The van der Waals surface area contributed by atoms with E-state index < -0.39 is 29.2 Å². The number of nitrogens with two attached hydrogens (primary N) is 1. The van der Waals surface area contributed by atoms with Crippen LogP contribution in [-0.2, 0) is 17.6 Å². The summed E-state index contributed by atoms with van der Waals surface area (Å²) in [5.74, 6) is 0.136. The number of nitrogens with one attached hydrogen (secondary N) is 1. The number of nitrogens with zero attached hydrogens (tertiary/aromatic N) is 3. The predicted octanol–water partition coefficient (Wildman–Crippen LogP) is 9.98. The largest absolute Gasteiger partial charge is 0.489 e. The quantitative estimate of drug-likeness (QED) is 0.109. The number of amides is 4. The van der Waals surface area contributed by atoms with E-state index in [1.165, 1.54) is 35.9 Å². The molecule has 7 aromatic rings. The molecule has 2 atom stereocenters. The first-order valence-corrected chi connectivity index (χ1v) is 22.6. The van der Waals surface area contributed by atoms with Crippen molar-refractivity contribution in [2.75, 3.05) is 13.6 Å². The number of primary amides is 1. The minimum absolute atomic E-state index is 0.0221. The number of ether oxygens (including phenoxy) is 2. The Morgan fingerprint density at radius 1 is 0.701 bits per heavy atom. The molecule has 14 heteroatoms. The van der Waals surface area contributed by atoms with E-state index in [2.05, 4.69) is 41.4 Å². The van der Waals surface area contributed by atoms with Gasteiger partial charge in [0.25, 0.3) is 17.4 Å². The number of fused-ring (bicyclic) bond motifs is 1. The molecule has 0 aliphatic carbocycles. The Bertz CT molecular complexity index is 3010. The van der Waals surface area contributed by atoms with Crippen molar-refractivity contribution in [3.8, 4) is 33.8 Å². The Morgan fingerprint density at radius 3 is 1.76 bits per heavy atom. The van der Waals surface area contributed by atoms with Crippen LogP contribution in [0.2, 0.25) is 10.0 Å². The molecule has 8 rings (SSSR count). The number of imide groups is 1. The molecule has 0 spiro atoms. The minimum atomic E-state index is -1.35. The Labute approximate surface area is 398 Å². The van der Waals surface area contributed by atoms with Gasteiger partial charge in [0.1, 0.15) is 17.5 Å². The van der Waals surface area contributed by atoms with E-state index in [4.69, 9.17) is 38.4 Å². The summed E-state index contributed by atoms with van der Waals surface area (Å²) in [5, 5.41) is 0.736. The molecule has 4 amide bonds. The number of carbonyl (C=O) groups excluding carboxylic acids is 3. The highest BCUT2D eigenvalue weighted by Gasteiger charge is 2.39. The van der Waals surface area contributed by atoms with E-state index in [1.54, 1.807) is 30.3 Å². The van der Waals surface area contributed by atoms with Crippen LogP contribution in [0, 0.1) is 0 Å². The maximum Gasteiger partial charge on any atom is 0.329 e. The molecule has 2 heterocycles. The first kappa shape index (κ1) is 47.8. The average Bonchev–Trinajstić information content (AvgIpc) is 4.09. The molecule has 1 aliphatic rings. The third kappa shape index (κ3) is 11.6. The van der Waals surface area contributed by atoms with Crippen molar-refractivity contribution in [1.82, 2.24) is 19.4 Å². The van der Waals surface area contributed by atoms with E-state index in [0.29, 0.717) is 32.5 Å². The summed E-state index contributed by atoms with van der Waals surface area (Å²) >= 11 is 12.6. The summed E-state index contributed by atoms with van der Waals surface area (Å²) < 4.78 is 12.1. The van der Waals surface area contributed by atoms with Gasteiger partial charge in [-0.1, -0.05) is 132 Å². The molecule has 6 aromatic carbocycles. The Kier molecular flexibility index (Phi) is 15.0. The highest BCUT2D eigenvalue weighted by atomic mass is 35.5. The fraction of sp³-hybridized carbons (Fsp3) is 0.226. The van der Waals surface area contributed by atoms with Gasteiger partial charge in [-0.05, 0) is 91.8 Å². The van der Waals surface area contributed by atoms with Gasteiger partial charge in [-0.3, -0.25) is 19.3 Å². The van der Waals surface area contributed by atoms with Crippen LogP contribution in [-0.4, -0.2) is 69.0 Å². The first-order chi connectivity index (χ1) is 32.1. The zero-order valence-corrected chi connectivity index (χ0v) is 39.3. The molecule has 1 fully saturated rings. The highest BCUT2D eigenvalue weighted by molar-refractivity contribution is 6.33. The smallest absolute Gasteiger partial charge is 0.329 e. The Morgan fingerprint density at radius 2 is 1.22 bits per heavy atom. The van der Waals surface area contributed by atoms with Crippen LogP contribution >= 0.6 is 23.2 Å². The number of urea groups is 1. The molecule has 3 N–H and O–H groups in total. The summed E-state index contributed by atoms with van der Waals surface area (Å²) in [6.07, 6.45) is 0.682. The molecular formula is C53H51Cl2N5O7. The molecule has 0 bridgehead atoms. The second-order valence-electron chi connectivity index (χ2n) is 16.8. The first-order valence-electron chi connectivity index (χ1n) is 21.9. The molecule has 0 radical (unpaired) electrons. The molecule has 1 saturated heterocycles.